The molecule has 1 aliphatic heterocycles. The van der Waals surface area contributed by atoms with Crippen LogP contribution in [0.5, 0.6) is 0 Å². The minimum Gasteiger partial charge on any atom is -0.368 e. The molecule has 1 atom stereocenters. The molecule has 3 rings (SSSR count). The quantitative estimate of drug-likeness (QED) is 0.908. The van der Waals surface area contributed by atoms with Gasteiger partial charge in [-0.3, -0.25) is 9.59 Å². The molecule has 1 aromatic heterocycles. The molecule has 2 N–H and O–H groups in total. The minimum atomic E-state index is -0.403. The summed E-state index contributed by atoms with van der Waals surface area (Å²) < 4.78 is 1.77. The number of halogens is 1. The van der Waals surface area contributed by atoms with E-state index in [4.69, 9.17) is 17.3 Å². The standard InChI is InChI=1S/C18H21ClN4O2/c1-12-9-14(19)4-5-15(12)18(25)23-7-2-3-13(10-23)17-21-6-8-22(17)11-16(20)24/h4-6,8-9,13H,2-3,7,10-11H2,1H3,(H2,20,24). The molecule has 7 heteroatoms. The zero-order valence-corrected chi connectivity index (χ0v) is 14.9. The summed E-state index contributed by atoms with van der Waals surface area (Å²) in [4.78, 5) is 30.4. The SMILES string of the molecule is Cc1cc(Cl)ccc1C(=O)N1CCCC(c2nccn2CC(N)=O)C1. The maximum atomic E-state index is 12.9. The van der Waals surface area contributed by atoms with E-state index in [1.54, 1.807) is 35.2 Å². The lowest BCUT2D eigenvalue weighted by Gasteiger charge is -2.33. The van der Waals surface area contributed by atoms with Crippen molar-refractivity contribution in [3.63, 3.8) is 0 Å². The fourth-order valence-corrected chi connectivity index (χ4v) is 3.62. The predicted octanol–water partition coefficient (Wildman–Crippen LogP) is 2.35. The van der Waals surface area contributed by atoms with Crippen LogP contribution in [-0.2, 0) is 11.3 Å². The number of hydrogen-bond acceptors (Lipinski definition) is 3. The summed E-state index contributed by atoms with van der Waals surface area (Å²) in [5, 5.41) is 0.624. The van der Waals surface area contributed by atoms with E-state index in [2.05, 4.69) is 4.98 Å². The number of carbonyl (C=O) groups is 2. The Balaban J connectivity index is 1.78. The summed E-state index contributed by atoms with van der Waals surface area (Å²) in [6, 6.07) is 5.32. The number of primary amides is 1. The Morgan fingerprint density at radius 3 is 2.92 bits per heavy atom. The molecule has 1 aliphatic rings. The van der Waals surface area contributed by atoms with E-state index >= 15 is 0 Å². The van der Waals surface area contributed by atoms with E-state index in [-0.39, 0.29) is 18.4 Å². The number of aromatic nitrogens is 2. The van der Waals surface area contributed by atoms with Gasteiger partial charge in [-0.15, -0.1) is 0 Å². The highest BCUT2D eigenvalue weighted by atomic mass is 35.5. The molecular weight excluding hydrogens is 340 g/mol. The fraction of sp³-hybridized carbons (Fsp3) is 0.389. The largest absolute Gasteiger partial charge is 0.368 e. The number of imidazole rings is 1. The van der Waals surface area contributed by atoms with Crippen molar-refractivity contribution < 1.29 is 9.59 Å². The summed E-state index contributed by atoms with van der Waals surface area (Å²) in [5.74, 6) is 0.510. The van der Waals surface area contributed by atoms with Gasteiger partial charge in [0.05, 0.1) is 0 Å². The second-order valence-electron chi connectivity index (χ2n) is 6.43. The lowest BCUT2D eigenvalue weighted by Crippen LogP contribution is -2.40. The van der Waals surface area contributed by atoms with Crippen molar-refractivity contribution in [3.05, 3.63) is 52.6 Å². The predicted molar refractivity (Wildman–Crippen MR) is 95.5 cm³/mol. The summed E-state index contributed by atoms with van der Waals surface area (Å²) in [6.45, 7) is 3.29. The molecule has 0 aliphatic carbocycles. The number of piperidine rings is 1. The third kappa shape index (κ3) is 3.85. The molecule has 1 saturated heterocycles. The summed E-state index contributed by atoms with van der Waals surface area (Å²) in [7, 11) is 0. The molecule has 25 heavy (non-hydrogen) atoms. The van der Waals surface area contributed by atoms with Gasteiger partial charge in [-0.2, -0.15) is 0 Å². The lowest BCUT2D eigenvalue weighted by molar-refractivity contribution is -0.118. The van der Waals surface area contributed by atoms with Crippen LogP contribution in [0.3, 0.4) is 0 Å². The van der Waals surface area contributed by atoms with E-state index in [1.165, 1.54) is 0 Å². The van der Waals surface area contributed by atoms with E-state index in [0.29, 0.717) is 23.7 Å². The minimum absolute atomic E-state index is 0.00636. The van der Waals surface area contributed by atoms with Gasteiger partial charge in [0.25, 0.3) is 5.91 Å². The molecule has 1 aromatic carbocycles. The first-order valence-corrected chi connectivity index (χ1v) is 8.68. The second-order valence-corrected chi connectivity index (χ2v) is 6.87. The molecule has 132 valence electrons. The number of aryl methyl sites for hydroxylation is 1. The monoisotopic (exact) mass is 360 g/mol. The molecule has 2 heterocycles. The molecule has 0 spiro atoms. The summed E-state index contributed by atoms with van der Waals surface area (Å²) >= 11 is 5.98. The number of amides is 2. The van der Waals surface area contributed by atoms with Gasteiger partial charge in [-0.1, -0.05) is 11.6 Å². The Bertz CT molecular complexity index is 802. The molecule has 0 saturated carbocycles. The van der Waals surface area contributed by atoms with Crippen LogP contribution in [0.15, 0.2) is 30.6 Å². The van der Waals surface area contributed by atoms with Gasteiger partial charge in [-0.05, 0) is 43.5 Å². The van der Waals surface area contributed by atoms with Crippen molar-refractivity contribution in [2.24, 2.45) is 5.73 Å². The number of nitrogens with two attached hydrogens (primary N) is 1. The Hall–Kier alpha value is -2.34. The van der Waals surface area contributed by atoms with Crippen LogP contribution in [0, 0.1) is 6.92 Å². The molecule has 1 unspecified atom stereocenters. The van der Waals surface area contributed by atoms with Crippen LogP contribution in [0.2, 0.25) is 5.02 Å². The van der Waals surface area contributed by atoms with Gasteiger partial charge in [0, 0.05) is 42.0 Å². The topological polar surface area (TPSA) is 81.2 Å². The molecule has 6 nitrogen and oxygen atoms in total. The number of benzene rings is 1. The van der Waals surface area contributed by atoms with Crippen molar-refractivity contribution >= 4 is 23.4 Å². The van der Waals surface area contributed by atoms with E-state index in [1.807, 2.05) is 11.8 Å². The van der Waals surface area contributed by atoms with Crippen LogP contribution >= 0.6 is 11.6 Å². The number of rotatable bonds is 4. The zero-order valence-electron chi connectivity index (χ0n) is 14.1. The molecule has 0 radical (unpaired) electrons. The third-order valence-electron chi connectivity index (χ3n) is 4.57. The Labute approximate surface area is 151 Å². The highest BCUT2D eigenvalue weighted by Gasteiger charge is 2.28. The zero-order chi connectivity index (χ0) is 18.0. The first-order valence-electron chi connectivity index (χ1n) is 8.30. The van der Waals surface area contributed by atoms with Crippen LogP contribution in [0.25, 0.3) is 0 Å². The summed E-state index contributed by atoms with van der Waals surface area (Å²) in [5.41, 5.74) is 6.84. The molecule has 2 aromatic rings. The van der Waals surface area contributed by atoms with Crippen molar-refractivity contribution in [1.82, 2.24) is 14.5 Å². The highest BCUT2D eigenvalue weighted by Crippen LogP contribution is 2.27. The number of likely N-dealkylation sites (tertiary alicyclic amines) is 1. The molecule has 0 bridgehead atoms. The molecular formula is C18H21ClN4O2. The van der Waals surface area contributed by atoms with Crippen molar-refractivity contribution in [3.8, 4) is 0 Å². The number of hydrogen-bond donors (Lipinski definition) is 1. The third-order valence-corrected chi connectivity index (χ3v) is 4.80. The van der Waals surface area contributed by atoms with Crippen LogP contribution in [0.1, 0.15) is 40.5 Å². The second kappa shape index (κ2) is 7.27. The maximum absolute atomic E-state index is 12.9. The normalized spacial score (nSPS) is 17.5. The maximum Gasteiger partial charge on any atom is 0.254 e. The van der Waals surface area contributed by atoms with Gasteiger partial charge in [0.2, 0.25) is 5.91 Å². The van der Waals surface area contributed by atoms with E-state index < -0.39 is 5.91 Å². The van der Waals surface area contributed by atoms with Crippen LogP contribution < -0.4 is 5.73 Å². The Kier molecular flexibility index (Phi) is 5.08. The average Bonchev–Trinajstić information content (AvgIpc) is 3.02. The average molecular weight is 361 g/mol. The Morgan fingerprint density at radius 2 is 2.20 bits per heavy atom. The first kappa shape index (κ1) is 17.5. The van der Waals surface area contributed by atoms with Crippen molar-refractivity contribution in [1.29, 1.82) is 0 Å². The lowest BCUT2D eigenvalue weighted by atomic mass is 9.96. The highest BCUT2D eigenvalue weighted by molar-refractivity contribution is 6.30. The van der Waals surface area contributed by atoms with Crippen LogP contribution in [-0.4, -0.2) is 39.4 Å². The van der Waals surface area contributed by atoms with Gasteiger partial charge >= 0.3 is 0 Å². The van der Waals surface area contributed by atoms with Crippen molar-refractivity contribution in [2.45, 2.75) is 32.2 Å². The van der Waals surface area contributed by atoms with Gasteiger partial charge in [0.1, 0.15) is 12.4 Å². The van der Waals surface area contributed by atoms with Crippen LogP contribution in [0.4, 0.5) is 0 Å². The van der Waals surface area contributed by atoms with Gasteiger partial charge in [-0.25, -0.2) is 4.98 Å². The number of nitrogens with zero attached hydrogens (tertiary/aromatic N) is 3. The first-order chi connectivity index (χ1) is 12.0. The fourth-order valence-electron chi connectivity index (χ4n) is 3.39. The van der Waals surface area contributed by atoms with Crippen molar-refractivity contribution in [2.75, 3.05) is 13.1 Å². The van der Waals surface area contributed by atoms with Gasteiger partial charge < -0.3 is 15.2 Å². The molecule has 1 fully saturated rings. The number of carbonyl (C=O) groups excluding carboxylic acids is 2. The smallest absolute Gasteiger partial charge is 0.254 e. The summed E-state index contributed by atoms with van der Waals surface area (Å²) in [6.07, 6.45) is 5.25. The van der Waals surface area contributed by atoms with Gasteiger partial charge in [0.15, 0.2) is 0 Å². The Morgan fingerprint density at radius 1 is 1.40 bits per heavy atom. The van der Waals surface area contributed by atoms with E-state index in [0.717, 1.165) is 24.2 Å². The van der Waals surface area contributed by atoms with E-state index in [9.17, 15) is 9.59 Å². The molecule has 2 amide bonds.